The predicted molar refractivity (Wildman–Crippen MR) is 89.4 cm³/mol. The molecule has 5 heteroatoms. The molecule has 2 N–H and O–H groups in total. The van der Waals surface area contributed by atoms with E-state index in [1.54, 1.807) is 0 Å². The summed E-state index contributed by atoms with van der Waals surface area (Å²) in [5, 5.41) is 18.6. The quantitative estimate of drug-likeness (QED) is 0.366. The fraction of sp³-hybridized carbons (Fsp3) is 0.722. The average molecular weight is 326 g/mol. The van der Waals surface area contributed by atoms with Crippen molar-refractivity contribution in [2.75, 3.05) is 0 Å². The van der Waals surface area contributed by atoms with Crippen LogP contribution in [0.25, 0.3) is 0 Å². The SMILES string of the molecule is CCCCCCC(=O)C/C(C(=O)O)=C(/CCCCCC)C(=O)O. The molecule has 0 aromatic rings. The topological polar surface area (TPSA) is 91.7 Å². The first-order valence-corrected chi connectivity index (χ1v) is 8.64. The molecule has 0 saturated carbocycles. The van der Waals surface area contributed by atoms with Crippen LogP contribution < -0.4 is 0 Å². The first kappa shape index (κ1) is 21.4. The molecule has 0 unspecified atom stereocenters. The minimum absolute atomic E-state index is 0.115. The zero-order valence-electron chi connectivity index (χ0n) is 14.4. The summed E-state index contributed by atoms with van der Waals surface area (Å²) in [6.07, 6.45) is 7.55. The van der Waals surface area contributed by atoms with E-state index in [1.807, 2.05) is 6.92 Å². The van der Waals surface area contributed by atoms with E-state index >= 15 is 0 Å². The smallest absolute Gasteiger partial charge is 0.332 e. The Morgan fingerprint density at radius 1 is 0.652 bits per heavy atom. The molecule has 0 rings (SSSR count). The number of hydrogen-bond acceptors (Lipinski definition) is 3. The van der Waals surface area contributed by atoms with E-state index in [0.29, 0.717) is 12.8 Å². The van der Waals surface area contributed by atoms with Gasteiger partial charge in [-0.2, -0.15) is 0 Å². The molecule has 0 aromatic carbocycles. The van der Waals surface area contributed by atoms with Crippen molar-refractivity contribution < 1.29 is 24.6 Å². The standard InChI is InChI=1S/C18H30O5/c1-3-5-7-9-11-14(19)13-16(18(22)23)15(17(20)21)12-10-8-6-4-2/h3-13H2,1-2H3,(H,20,21)(H,22,23)/b16-15+. The lowest BCUT2D eigenvalue weighted by Gasteiger charge is -2.09. The van der Waals surface area contributed by atoms with E-state index in [2.05, 4.69) is 6.92 Å². The first-order chi connectivity index (χ1) is 10.9. The third-order valence-corrected chi connectivity index (χ3v) is 3.84. The predicted octanol–water partition coefficient (Wildman–Crippen LogP) is 4.35. The van der Waals surface area contributed by atoms with E-state index in [9.17, 15) is 24.6 Å². The second-order valence-corrected chi connectivity index (χ2v) is 5.90. The zero-order chi connectivity index (χ0) is 17.7. The van der Waals surface area contributed by atoms with Crippen LogP contribution in [0.4, 0.5) is 0 Å². The zero-order valence-corrected chi connectivity index (χ0v) is 14.4. The van der Waals surface area contributed by atoms with Crippen molar-refractivity contribution in [3.05, 3.63) is 11.1 Å². The molecule has 0 aliphatic heterocycles. The minimum atomic E-state index is -1.29. The second-order valence-electron chi connectivity index (χ2n) is 5.90. The highest BCUT2D eigenvalue weighted by molar-refractivity contribution is 6.02. The molecule has 0 bridgehead atoms. The summed E-state index contributed by atoms with van der Waals surface area (Å²) in [6, 6.07) is 0. The monoisotopic (exact) mass is 326 g/mol. The molecule has 0 spiro atoms. The summed E-state index contributed by atoms with van der Waals surface area (Å²) in [5.74, 6) is -2.71. The van der Waals surface area contributed by atoms with Crippen LogP contribution >= 0.6 is 0 Å². The Labute approximate surface area is 138 Å². The maximum atomic E-state index is 11.9. The van der Waals surface area contributed by atoms with Crippen molar-refractivity contribution >= 4 is 17.7 Å². The normalized spacial score (nSPS) is 11.9. The number of unbranched alkanes of at least 4 members (excludes halogenated alkanes) is 6. The van der Waals surface area contributed by atoms with Gasteiger partial charge in [-0.1, -0.05) is 52.4 Å². The van der Waals surface area contributed by atoms with Gasteiger partial charge in [0.2, 0.25) is 0 Å². The number of carbonyl (C=O) groups is 3. The first-order valence-electron chi connectivity index (χ1n) is 8.64. The Kier molecular flexibility index (Phi) is 11.9. The molecule has 0 amide bonds. The number of carboxylic acid groups (broad SMARTS) is 2. The summed E-state index contributed by atoms with van der Waals surface area (Å²) in [6.45, 7) is 4.12. The van der Waals surface area contributed by atoms with E-state index in [1.165, 1.54) is 0 Å². The summed E-state index contributed by atoms with van der Waals surface area (Å²) in [5.41, 5.74) is -0.356. The molecule has 0 atom stereocenters. The lowest BCUT2D eigenvalue weighted by Crippen LogP contribution is -2.15. The van der Waals surface area contributed by atoms with Gasteiger partial charge in [-0.15, -0.1) is 0 Å². The van der Waals surface area contributed by atoms with Crippen LogP contribution in [0.1, 0.15) is 84.5 Å². The fourth-order valence-electron chi connectivity index (χ4n) is 2.46. The van der Waals surface area contributed by atoms with Crippen molar-refractivity contribution in [3.8, 4) is 0 Å². The number of carboxylic acids is 2. The minimum Gasteiger partial charge on any atom is -0.478 e. The Hall–Kier alpha value is -1.65. The number of Topliss-reactive ketones (excluding diaryl/α,β-unsaturated/α-hetero) is 1. The summed E-state index contributed by atoms with van der Waals surface area (Å²) in [7, 11) is 0. The number of rotatable bonds is 14. The lowest BCUT2D eigenvalue weighted by atomic mass is 9.96. The Morgan fingerprint density at radius 2 is 1.13 bits per heavy atom. The van der Waals surface area contributed by atoms with E-state index in [-0.39, 0.29) is 29.8 Å². The van der Waals surface area contributed by atoms with Gasteiger partial charge in [0, 0.05) is 18.4 Å². The molecular weight excluding hydrogens is 296 g/mol. The van der Waals surface area contributed by atoms with Gasteiger partial charge in [0.15, 0.2) is 0 Å². The Balaban J connectivity index is 4.80. The van der Waals surface area contributed by atoms with Gasteiger partial charge in [0.05, 0.1) is 5.57 Å². The largest absolute Gasteiger partial charge is 0.478 e. The van der Waals surface area contributed by atoms with Gasteiger partial charge in [-0.3, -0.25) is 4.79 Å². The number of carbonyl (C=O) groups excluding carboxylic acids is 1. The molecule has 132 valence electrons. The molecule has 0 saturated heterocycles. The van der Waals surface area contributed by atoms with Crippen molar-refractivity contribution in [2.24, 2.45) is 0 Å². The highest BCUT2D eigenvalue weighted by Gasteiger charge is 2.22. The number of aliphatic carboxylic acids is 2. The van der Waals surface area contributed by atoms with Gasteiger partial charge in [0.1, 0.15) is 5.78 Å². The summed E-state index contributed by atoms with van der Waals surface area (Å²) in [4.78, 5) is 34.7. The van der Waals surface area contributed by atoms with Gasteiger partial charge < -0.3 is 10.2 Å². The molecule has 0 fully saturated rings. The lowest BCUT2D eigenvalue weighted by molar-refractivity contribution is -0.136. The third-order valence-electron chi connectivity index (χ3n) is 3.84. The van der Waals surface area contributed by atoms with Crippen LogP contribution in [-0.4, -0.2) is 27.9 Å². The second kappa shape index (κ2) is 12.9. The van der Waals surface area contributed by atoms with Gasteiger partial charge >= 0.3 is 11.9 Å². The molecule has 23 heavy (non-hydrogen) atoms. The number of hydrogen-bond donors (Lipinski definition) is 2. The van der Waals surface area contributed by atoms with Crippen LogP contribution in [0.3, 0.4) is 0 Å². The van der Waals surface area contributed by atoms with Crippen molar-refractivity contribution in [3.63, 3.8) is 0 Å². The van der Waals surface area contributed by atoms with E-state index in [0.717, 1.165) is 44.9 Å². The van der Waals surface area contributed by atoms with Crippen molar-refractivity contribution in [2.45, 2.75) is 84.5 Å². The van der Waals surface area contributed by atoms with Crippen LogP contribution in [0.15, 0.2) is 11.1 Å². The summed E-state index contributed by atoms with van der Waals surface area (Å²) < 4.78 is 0. The average Bonchev–Trinajstić information content (AvgIpc) is 2.49. The van der Waals surface area contributed by atoms with Crippen molar-refractivity contribution in [1.29, 1.82) is 0 Å². The maximum absolute atomic E-state index is 11.9. The van der Waals surface area contributed by atoms with Gasteiger partial charge in [-0.25, -0.2) is 9.59 Å². The maximum Gasteiger partial charge on any atom is 0.332 e. The molecule has 0 radical (unpaired) electrons. The number of ketones is 1. The van der Waals surface area contributed by atoms with Crippen molar-refractivity contribution in [1.82, 2.24) is 0 Å². The van der Waals surface area contributed by atoms with Gasteiger partial charge in [0.25, 0.3) is 0 Å². The Morgan fingerprint density at radius 3 is 1.57 bits per heavy atom. The molecule has 0 aliphatic rings. The van der Waals surface area contributed by atoms with Crippen LogP contribution in [0, 0.1) is 0 Å². The molecule has 0 aromatic heterocycles. The van der Waals surface area contributed by atoms with Crippen LogP contribution in [0.2, 0.25) is 0 Å². The van der Waals surface area contributed by atoms with E-state index in [4.69, 9.17) is 0 Å². The molecule has 5 nitrogen and oxygen atoms in total. The highest BCUT2D eigenvalue weighted by atomic mass is 16.4. The molecule has 0 aliphatic carbocycles. The highest BCUT2D eigenvalue weighted by Crippen LogP contribution is 2.19. The van der Waals surface area contributed by atoms with Crippen LogP contribution in [0.5, 0.6) is 0 Å². The van der Waals surface area contributed by atoms with Crippen LogP contribution in [-0.2, 0) is 14.4 Å². The molecule has 0 heterocycles. The summed E-state index contributed by atoms with van der Waals surface area (Å²) >= 11 is 0. The Bertz CT molecular complexity index is 423. The van der Waals surface area contributed by atoms with Gasteiger partial charge in [-0.05, 0) is 19.3 Å². The fourth-order valence-corrected chi connectivity index (χ4v) is 2.46. The van der Waals surface area contributed by atoms with E-state index < -0.39 is 11.9 Å². The third kappa shape index (κ3) is 9.87. The molecular formula is C18H30O5.